The first-order chi connectivity index (χ1) is 17.4. The van der Waals surface area contributed by atoms with E-state index in [1.165, 1.54) is 18.5 Å². The second kappa shape index (κ2) is 12.1. The number of aromatic nitrogens is 1. The maximum absolute atomic E-state index is 12.6. The van der Waals surface area contributed by atoms with Gasteiger partial charge in [0, 0.05) is 11.6 Å². The van der Waals surface area contributed by atoms with Gasteiger partial charge in [-0.05, 0) is 54.6 Å². The summed E-state index contributed by atoms with van der Waals surface area (Å²) in [5.74, 6) is 1.47. The fraction of sp³-hybridized carbons (Fsp3) is 0.130. The van der Waals surface area contributed by atoms with Crippen LogP contribution in [0.1, 0.15) is 10.4 Å². The van der Waals surface area contributed by atoms with Gasteiger partial charge < -0.3 is 14.0 Å². The van der Waals surface area contributed by atoms with Crippen LogP contribution in [0, 0.1) is 7.14 Å². The molecule has 3 aromatic carbocycles. The van der Waals surface area contributed by atoms with Gasteiger partial charge >= 0.3 is 26.7 Å². The molecule has 4 rings (SSSR count). The summed E-state index contributed by atoms with van der Waals surface area (Å²) in [6.07, 6.45) is 0. The zero-order valence-corrected chi connectivity index (χ0v) is 22.9. The average molecular weight is 666 g/mol. The van der Waals surface area contributed by atoms with E-state index in [9.17, 15) is 18.0 Å². The molecule has 0 atom stereocenters. The Morgan fingerprint density at radius 1 is 0.973 bits per heavy atom. The highest BCUT2D eigenvalue weighted by atomic mass is 127. The Bertz CT molecular complexity index is 1490. The molecular formula is C23H18F3IN2O6S2. The first-order valence-electron chi connectivity index (χ1n) is 10.1. The van der Waals surface area contributed by atoms with Crippen LogP contribution in [-0.2, 0) is 10.1 Å². The molecule has 0 aliphatic carbocycles. The molecule has 0 radical (unpaired) electrons. The van der Waals surface area contributed by atoms with E-state index in [-0.39, 0.29) is 27.1 Å². The van der Waals surface area contributed by atoms with Crippen LogP contribution >= 0.6 is 11.3 Å². The van der Waals surface area contributed by atoms with Gasteiger partial charge in [0.15, 0.2) is 22.4 Å². The fourth-order valence-electron chi connectivity index (χ4n) is 2.70. The summed E-state index contributed by atoms with van der Waals surface area (Å²) >= 11 is 1.10. The molecule has 0 saturated heterocycles. The maximum Gasteiger partial charge on any atom is 0.485 e. The largest absolute Gasteiger partial charge is 0.741 e. The van der Waals surface area contributed by atoms with Crippen LogP contribution in [-0.4, -0.2) is 43.6 Å². The summed E-state index contributed by atoms with van der Waals surface area (Å²) in [6.45, 7) is 0. The Kier molecular flexibility index (Phi) is 9.33. The minimum Gasteiger partial charge on any atom is -0.741 e. The van der Waals surface area contributed by atoms with Crippen molar-refractivity contribution >= 4 is 42.7 Å². The molecule has 0 aliphatic rings. The summed E-state index contributed by atoms with van der Waals surface area (Å²) in [7, 11) is -2.79. The van der Waals surface area contributed by atoms with E-state index in [2.05, 4.69) is 22.4 Å². The number of nitrogens with zero attached hydrogens (tertiary/aromatic N) is 1. The zero-order valence-electron chi connectivity index (χ0n) is 19.1. The molecule has 37 heavy (non-hydrogen) atoms. The van der Waals surface area contributed by atoms with E-state index in [1.54, 1.807) is 14.2 Å². The predicted octanol–water partition coefficient (Wildman–Crippen LogP) is 1.75. The maximum atomic E-state index is 12.6. The molecular weight excluding hydrogens is 648 g/mol. The average Bonchev–Trinajstić information content (AvgIpc) is 3.25. The number of carbonyl (C=O) groups is 1. The number of rotatable bonds is 6. The van der Waals surface area contributed by atoms with Crippen LogP contribution in [0.3, 0.4) is 0 Å². The SMILES string of the molecule is COc1cccc([I+]c2ccc(C(=O)Nc3nc4ccc(OC)cc4s3)cc2)c1.O=S(=O)([O-])C(F)(F)F. The summed E-state index contributed by atoms with van der Waals surface area (Å²) in [4.78, 5) is 17.1. The Hall–Kier alpha value is -2.95. The monoisotopic (exact) mass is 666 g/mol. The highest BCUT2D eigenvalue weighted by Crippen LogP contribution is 2.29. The van der Waals surface area contributed by atoms with Gasteiger partial charge in [-0.1, -0.05) is 17.4 Å². The number of amides is 1. The highest BCUT2D eigenvalue weighted by molar-refractivity contribution is 7.86. The van der Waals surface area contributed by atoms with E-state index < -0.39 is 15.6 Å². The summed E-state index contributed by atoms with van der Waals surface area (Å²) in [5, 5.41) is 3.46. The number of thiazole rings is 1. The first kappa shape index (κ1) is 28.6. The number of hydrogen-bond donors (Lipinski definition) is 1. The van der Waals surface area contributed by atoms with Crippen LogP contribution in [0.4, 0.5) is 18.3 Å². The molecule has 1 aromatic heterocycles. The predicted molar refractivity (Wildman–Crippen MR) is 127 cm³/mol. The Morgan fingerprint density at radius 3 is 2.19 bits per heavy atom. The number of alkyl halides is 3. The van der Waals surface area contributed by atoms with Crippen LogP contribution in [0.2, 0.25) is 0 Å². The van der Waals surface area contributed by atoms with Crippen LogP contribution in [0.25, 0.3) is 10.2 Å². The standard InChI is InChI=1S/C22H17IN2O3S.CHF3O3S/c1-27-17-5-3-4-16(12-17)23-15-8-6-14(7-9-15)21(26)25-22-24-19-11-10-18(28-2)13-20(19)29-22;2-1(3,4)8(5,6)7/h3-13H,1-2H3;(H,5,6,7). The van der Waals surface area contributed by atoms with Crippen molar-refractivity contribution in [2.24, 2.45) is 0 Å². The third kappa shape index (κ3) is 8.02. The van der Waals surface area contributed by atoms with Crippen molar-refractivity contribution in [2.75, 3.05) is 19.5 Å². The topological polar surface area (TPSA) is 118 Å². The number of fused-ring (bicyclic) bond motifs is 1. The Balaban J connectivity index is 0.000000414. The smallest absolute Gasteiger partial charge is 0.485 e. The minimum atomic E-state index is -6.09. The summed E-state index contributed by atoms with van der Waals surface area (Å²) in [5.41, 5.74) is -4.20. The van der Waals surface area contributed by atoms with Gasteiger partial charge in [0.25, 0.3) is 5.91 Å². The molecule has 0 unspecified atom stereocenters. The third-order valence-electron chi connectivity index (χ3n) is 4.46. The molecule has 0 fully saturated rings. The van der Waals surface area contributed by atoms with E-state index >= 15 is 0 Å². The number of carbonyl (C=O) groups excluding carboxylic acids is 1. The quantitative estimate of drug-likeness (QED) is 0.189. The number of methoxy groups -OCH3 is 2. The lowest BCUT2D eigenvalue weighted by molar-refractivity contribution is -0.597. The number of benzene rings is 3. The summed E-state index contributed by atoms with van der Waals surface area (Å²) in [6, 6.07) is 21.5. The molecule has 4 aromatic rings. The molecule has 0 aliphatic heterocycles. The number of anilines is 1. The lowest BCUT2D eigenvalue weighted by Crippen LogP contribution is -3.61. The van der Waals surface area contributed by atoms with E-state index in [1.807, 2.05) is 54.6 Å². The molecule has 196 valence electrons. The molecule has 0 saturated carbocycles. The van der Waals surface area contributed by atoms with Crippen molar-refractivity contribution < 1.29 is 61.6 Å². The van der Waals surface area contributed by atoms with Crippen molar-refractivity contribution in [2.45, 2.75) is 5.51 Å². The van der Waals surface area contributed by atoms with Crippen molar-refractivity contribution in [3.63, 3.8) is 0 Å². The molecule has 1 amide bonds. The Morgan fingerprint density at radius 2 is 1.59 bits per heavy atom. The zero-order chi connectivity index (χ0) is 27.2. The fourth-order valence-corrected chi connectivity index (χ4v) is 5.88. The highest BCUT2D eigenvalue weighted by Gasteiger charge is 2.36. The van der Waals surface area contributed by atoms with Crippen molar-refractivity contribution in [3.8, 4) is 11.5 Å². The van der Waals surface area contributed by atoms with Crippen LogP contribution in [0.15, 0.2) is 66.7 Å². The van der Waals surface area contributed by atoms with Gasteiger partial charge in [0.05, 0.1) is 24.4 Å². The van der Waals surface area contributed by atoms with E-state index in [0.29, 0.717) is 10.7 Å². The van der Waals surface area contributed by atoms with Gasteiger partial charge in [-0.3, -0.25) is 10.1 Å². The number of nitrogens with one attached hydrogen (secondary N) is 1. The van der Waals surface area contributed by atoms with Crippen molar-refractivity contribution in [1.29, 1.82) is 0 Å². The van der Waals surface area contributed by atoms with Gasteiger partial charge in [-0.15, -0.1) is 0 Å². The molecule has 0 bridgehead atoms. The molecule has 14 heteroatoms. The Labute approximate surface area is 224 Å². The molecule has 1 N–H and O–H groups in total. The second-order valence-electron chi connectivity index (χ2n) is 6.97. The first-order valence-corrected chi connectivity index (χ1v) is 14.4. The molecule has 8 nitrogen and oxygen atoms in total. The number of ether oxygens (including phenoxy) is 2. The van der Waals surface area contributed by atoms with Crippen molar-refractivity contribution in [3.05, 3.63) is 79.4 Å². The van der Waals surface area contributed by atoms with Crippen LogP contribution < -0.4 is 36.0 Å². The lowest BCUT2D eigenvalue weighted by Gasteiger charge is -2.08. The second-order valence-corrected chi connectivity index (χ2v) is 12.4. The lowest BCUT2D eigenvalue weighted by atomic mass is 10.2. The van der Waals surface area contributed by atoms with Crippen LogP contribution in [0.5, 0.6) is 11.5 Å². The number of hydrogen-bond acceptors (Lipinski definition) is 8. The van der Waals surface area contributed by atoms with Gasteiger partial charge in [0.1, 0.15) is 11.5 Å². The number of halogens is 4. The van der Waals surface area contributed by atoms with Gasteiger partial charge in [-0.25, -0.2) is 13.4 Å². The molecule has 0 spiro atoms. The molecule has 1 heterocycles. The third-order valence-corrected chi connectivity index (χ3v) is 8.59. The van der Waals surface area contributed by atoms with Crippen molar-refractivity contribution in [1.82, 2.24) is 4.98 Å². The normalized spacial score (nSPS) is 11.4. The van der Waals surface area contributed by atoms with Gasteiger partial charge in [0.2, 0.25) is 0 Å². The summed E-state index contributed by atoms with van der Waals surface area (Å²) < 4.78 is 72.9. The van der Waals surface area contributed by atoms with E-state index in [4.69, 9.17) is 22.4 Å². The minimum absolute atomic E-state index is 0.165. The van der Waals surface area contributed by atoms with Gasteiger partial charge in [-0.2, -0.15) is 13.2 Å². The van der Waals surface area contributed by atoms with E-state index in [0.717, 1.165) is 21.7 Å².